The van der Waals surface area contributed by atoms with Crippen LogP contribution in [0.25, 0.3) is 0 Å². The number of carbonyl (C=O) groups excluding carboxylic acids is 1. The van der Waals surface area contributed by atoms with E-state index in [1.165, 1.54) is 6.92 Å². The second-order valence-electron chi connectivity index (χ2n) is 7.20. The molecule has 4 atom stereocenters. The maximum atomic E-state index is 13.7. The van der Waals surface area contributed by atoms with Crippen LogP contribution in [0.1, 0.15) is 33.6 Å². The van der Waals surface area contributed by atoms with Gasteiger partial charge >= 0.3 is 18.0 Å². The Morgan fingerprint density at radius 3 is 1.91 bits per heavy atom. The maximum Gasteiger partial charge on any atom is 0.459 e. The molecule has 0 aromatic heterocycles. The van der Waals surface area contributed by atoms with E-state index >= 15 is 0 Å². The zero-order valence-electron chi connectivity index (χ0n) is 12.6. The van der Waals surface area contributed by atoms with Crippen molar-refractivity contribution >= 4 is 5.78 Å². The van der Waals surface area contributed by atoms with Crippen LogP contribution in [0.4, 0.5) is 30.7 Å². The SMILES string of the molecule is CC1(C)[C@@H]2CC[C@@]1(C)C(=O)[C@H]2C([O-])C(F)(F)C(F)(F)C(F)(F)F. The fourth-order valence-corrected chi connectivity index (χ4v) is 4.10. The predicted molar refractivity (Wildman–Crippen MR) is 62.8 cm³/mol. The Kier molecular flexibility index (Phi) is 3.70. The first-order valence-electron chi connectivity index (χ1n) is 7.06. The molecule has 2 fully saturated rings. The molecule has 9 heteroatoms. The normalized spacial score (nSPS) is 35.7. The fourth-order valence-electron chi connectivity index (χ4n) is 4.10. The minimum atomic E-state index is -6.57. The molecule has 0 spiro atoms. The van der Waals surface area contributed by atoms with E-state index in [4.69, 9.17) is 0 Å². The van der Waals surface area contributed by atoms with E-state index in [2.05, 4.69) is 0 Å². The van der Waals surface area contributed by atoms with Crippen molar-refractivity contribution in [3.63, 3.8) is 0 Å². The van der Waals surface area contributed by atoms with E-state index in [-0.39, 0.29) is 6.42 Å². The minimum Gasteiger partial charge on any atom is -0.847 e. The van der Waals surface area contributed by atoms with Crippen LogP contribution in [0.2, 0.25) is 0 Å². The van der Waals surface area contributed by atoms with Gasteiger partial charge in [-0.1, -0.05) is 20.8 Å². The average Bonchev–Trinajstić information content (AvgIpc) is 2.68. The number of ketones is 1. The third-order valence-corrected chi connectivity index (χ3v) is 6.04. The number of hydrogen-bond donors (Lipinski definition) is 0. The van der Waals surface area contributed by atoms with Crippen molar-refractivity contribution in [2.24, 2.45) is 22.7 Å². The Balaban J connectivity index is 2.42. The van der Waals surface area contributed by atoms with E-state index in [0.29, 0.717) is 6.42 Å². The van der Waals surface area contributed by atoms with Crippen molar-refractivity contribution in [2.45, 2.75) is 57.7 Å². The van der Waals surface area contributed by atoms with Gasteiger partial charge in [0, 0.05) is 11.3 Å². The third-order valence-electron chi connectivity index (χ3n) is 6.04. The van der Waals surface area contributed by atoms with Crippen molar-refractivity contribution in [3.8, 4) is 0 Å². The summed E-state index contributed by atoms with van der Waals surface area (Å²) < 4.78 is 90.2. The second-order valence-corrected chi connectivity index (χ2v) is 7.20. The molecule has 0 radical (unpaired) electrons. The van der Waals surface area contributed by atoms with Crippen LogP contribution < -0.4 is 5.11 Å². The summed E-state index contributed by atoms with van der Waals surface area (Å²) in [6.07, 6.45) is -9.74. The van der Waals surface area contributed by atoms with Crippen LogP contribution in [-0.2, 0) is 4.79 Å². The lowest BCUT2D eigenvalue weighted by atomic mass is 9.70. The highest BCUT2D eigenvalue weighted by molar-refractivity contribution is 5.92. The van der Waals surface area contributed by atoms with Crippen LogP contribution in [-0.4, -0.2) is 29.9 Å². The summed E-state index contributed by atoms with van der Waals surface area (Å²) in [7, 11) is 0. The number of carbonyl (C=O) groups is 1. The lowest BCUT2D eigenvalue weighted by Crippen LogP contribution is -2.65. The molecule has 2 rings (SSSR count). The first-order chi connectivity index (χ1) is 10.0. The van der Waals surface area contributed by atoms with Gasteiger partial charge in [-0.3, -0.25) is 4.79 Å². The first-order valence-corrected chi connectivity index (χ1v) is 7.06. The van der Waals surface area contributed by atoms with E-state index in [0.717, 1.165) is 0 Å². The predicted octanol–water partition coefficient (Wildman–Crippen LogP) is 3.19. The molecule has 0 aliphatic heterocycles. The lowest BCUT2D eigenvalue weighted by Gasteiger charge is -2.43. The molecule has 0 saturated heterocycles. The van der Waals surface area contributed by atoms with Gasteiger partial charge in [0.25, 0.3) is 0 Å². The highest BCUT2D eigenvalue weighted by atomic mass is 19.4. The molecule has 23 heavy (non-hydrogen) atoms. The molecule has 0 aromatic rings. The Hall–Kier alpha value is -0.860. The molecule has 0 heterocycles. The Morgan fingerprint density at radius 1 is 1.09 bits per heavy atom. The van der Waals surface area contributed by atoms with E-state index in [1.54, 1.807) is 13.8 Å². The summed E-state index contributed by atoms with van der Waals surface area (Å²) in [5.41, 5.74) is -2.06. The molecule has 134 valence electrons. The molecule has 2 saturated carbocycles. The Labute approximate surface area is 128 Å². The van der Waals surface area contributed by atoms with Gasteiger partial charge in [0.05, 0.1) is 0 Å². The molecular formula is C14H16F7O2-. The number of Topliss-reactive ketones (excluding diaryl/α,β-unsaturated/α-hetero) is 1. The molecule has 2 bridgehead atoms. The van der Waals surface area contributed by atoms with Crippen molar-refractivity contribution in [3.05, 3.63) is 0 Å². The number of fused-ring (bicyclic) bond motifs is 2. The highest BCUT2D eigenvalue weighted by Crippen LogP contribution is 2.67. The Bertz CT molecular complexity index is 526. The number of alkyl halides is 7. The maximum absolute atomic E-state index is 13.7. The smallest absolute Gasteiger partial charge is 0.459 e. The van der Waals surface area contributed by atoms with Crippen LogP contribution in [0.15, 0.2) is 0 Å². The van der Waals surface area contributed by atoms with Gasteiger partial charge in [-0.05, 0) is 30.3 Å². The summed E-state index contributed by atoms with van der Waals surface area (Å²) in [4.78, 5) is 12.3. The zero-order valence-corrected chi connectivity index (χ0v) is 12.6. The van der Waals surface area contributed by atoms with Crippen molar-refractivity contribution in [1.29, 1.82) is 0 Å². The highest BCUT2D eigenvalue weighted by Gasteiger charge is 2.76. The van der Waals surface area contributed by atoms with Gasteiger partial charge in [-0.25, -0.2) is 8.78 Å². The van der Waals surface area contributed by atoms with Crippen LogP contribution in [0, 0.1) is 22.7 Å². The molecule has 0 N–H and O–H groups in total. The first kappa shape index (κ1) is 18.5. The van der Waals surface area contributed by atoms with Crippen molar-refractivity contribution in [2.75, 3.05) is 0 Å². The molecule has 0 amide bonds. The number of hydrogen-bond acceptors (Lipinski definition) is 2. The molecule has 0 aromatic carbocycles. The molecular weight excluding hydrogens is 333 g/mol. The van der Waals surface area contributed by atoms with Crippen LogP contribution >= 0.6 is 0 Å². The third kappa shape index (κ3) is 2.01. The molecule has 2 aliphatic rings. The number of rotatable bonds is 3. The van der Waals surface area contributed by atoms with Gasteiger partial charge in [-0.2, -0.15) is 22.0 Å². The zero-order chi connectivity index (χ0) is 18.2. The van der Waals surface area contributed by atoms with Gasteiger partial charge in [0.1, 0.15) is 5.78 Å². The summed E-state index contributed by atoms with van der Waals surface area (Å²) >= 11 is 0. The van der Waals surface area contributed by atoms with E-state index < -0.39 is 52.6 Å². The van der Waals surface area contributed by atoms with Crippen molar-refractivity contribution < 1.29 is 40.6 Å². The Morgan fingerprint density at radius 2 is 1.57 bits per heavy atom. The quantitative estimate of drug-likeness (QED) is 0.734. The molecule has 2 nitrogen and oxygen atoms in total. The lowest BCUT2D eigenvalue weighted by molar-refractivity contribution is -0.507. The summed E-state index contributed by atoms with van der Waals surface area (Å²) in [5, 5.41) is 11.9. The van der Waals surface area contributed by atoms with Crippen LogP contribution in [0.3, 0.4) is 0 Å². The summed E-state index contributed by atoms with van der Waals surface area (Å²) in [6, 6.07) is 0. The van der Waals surface area contributed by atoms with Gasteiger partial charge in [0.15, 0.2) is 0 Å². The fraction of sp³-hybridized carbons (Fsp3) is 0.929. The topological polar surface area (TPSA) is 40.1 Å². The standard InChI is InChI=1S/C14H16F7O2/c1-10(2)6-4-5-11(10,3)8(22)7(6)9(23)12(15,16)13(17,18)14(19,20)21/h6-7,9H,4-5H2,1-3H3/q-1/t6-,7+,9?,11+/m1/s1. The van der Waals surface area contributed by atoms with E-state index in [1.807, 2.05) is 0 Å². The second kappa shape index (κ2) is 4.61. The molecule has 2 aliphatic carbocycles. The van der Waals surface area contributed by atoms with Gasteiger partial charge < -0.3 is 5.11 Å². The van der Waals surface area contributed by atoms with Crippen LogP contribution in [0.5, 0.6) is 0 Å². The minimum absolute atomic E-state index is 0.173. The largest absolute Gasteiger partial charge is 0.847 e. The number of halogens is 7. The van der Waals surface area contributed by atoms with E-state index in [9.17, 15) is 40.6 Å². The monoisotopic (exact) mass is 349 g/mol. The summed E-state index contributed by atoms with van der Waals surface area (Å²) in [5.74, 6) is -16.3. The van der Waals surface area contributed by atoms with Crippen molar-refractivity contribution in [1.82, 2.24) is 0 Å². The average molecular weight is 349 g/mol. The van der Waals surface area contributed by atoms with Gasteiger partial charge in [0.2, 0.25) is 0 Å². The molecule has 1 unspecified atom stereocenters. The summed E-state index contributed by atoms with van der Waals surface area (Å²) in [6.45, 7) is 4.55. The van der Waals surface area contributed by atoms with Gasteiger partial charge in [-0.15, -0.1) is 0 Å².